The van der Waals surface area contributed by atoms with Crippen LogP contribution in [0.25, 0.3) is 11.2 Å². The van der Waals surface area contributed by atoms with Gasteiger partial charge in [0.1, 0.15) is 0 Å². The predicted molar refractivity (Wildman–Crippen MR) is 48.8 cm³/mol. The van der Waals surface area contributed by atoms with E-state index in [0.29, 0.717) is 0 Å². The van der Waals surface area contributed by atoms with Crippen molar-refractivity contribution in [2.75, 3.05) is 0 Å². The lowest BCUT2D eigenvalue weighted by Gasteiger charge is -2.02. The van der Waals surface area contributed by atoms with Crippen LogP contribution < -0.4 is 16.7 Å². The Labute approximate surface area is 98.2 Å². The summed E-state index contributed by atoms with van der Waals surface area (Å²) < 4.78 is 71.4. The van der Waals surface area contributed by atoms with E-state index in [0.717, 1.165) is 0 Å². The van der Waals surface area contributed by atoms with Crippen molar-refractivity contribution in [2.24, 2.45) is 0 Å². The summed E-state index contributed by atoms with van der Waals surface area (Å²) in [5.74, 6) is -1.63. The number of benzene rings is 1. The maximum atomic E-state index is 11.1. The second-order valence-electron chi connectivity index (χ2n) is 3.29. The van der Waals surface area contributed by atoms with Gasteiger partial charge in [0.05, 0.1) is 0 Å². The molecule has 1 aromatic carbocycles. The molecule has 0 amide bonds. The molecule has 3 heterocycles. The molecule has 0 unspecified atom stereocenters. The zero-order chi connectivity index (χ0) is 12.7. The molecule has 0 atom stereocenters. The van der Waals surface area contributed by atoms with Gasteiger partial charge in [0.15, 0.2) is 0 Å². The normalized spacial score (nSPS) is 21.6. The SMILES string of the molecule is O=S1(=O)Oc2c3c(c4ooc4c2O1)OS(=O)(=O)O3. The van der Waals surface area contributed by atoms with Crippen LogP contribution >= 0.6 is 0 Å². The first kappa shape index (κ1) is 9.90. The van der Waals surface area contributed by atoms with Crippen molar-refractivity contribution < 1.29 is 42.7 Å². The van der Waals surface area contributed by atoms with Crippen molar-refractivity contribution in [3.05, 3.63) is 0 Å². The second kappa shape index (κ2) is 2.51. The highest BCUT2D eigenvalue weighted by Gasteiger charge is 2.47. The van der Waals surface area contributed by atoms with E-state index in [1.54, 1.807) is 0 Å². The quantitative estimate of drug-likeness (QED) is 0.614. The fourth-order valence-corrected chi connectivity index (χ4v) is 3.05. The molecule has 0 aliphatic carbocycles. The average Bonchev–Trinajstić information content (AvgIpc) is 2.61. The van der Waals surface area contributed by atoms with Crippen LogP contribution in [0.2, 0.25) is 0 Å². The van der Waals surface area contributed by atoms with Gasteiger partial charge in [-0.1, -0.05) is 0 Å². The molecular formula is C6O10S2. The van der Waals surface area contributed by atoms with Gasteiger partial charge in [0.25, 0.3) is 11.2 Å². The van der Waals surface area contributed by atoms with Gasteiger partial charge in [-0.25, -0.2) is 0 Å². The molecule has 0 N–H and O–H groups in total. The summed E-state index contributed by atoms with van der Waals surface area (Å²) in [6.07, 6.45) is 0. The molecule has 0 saturated carbocycles. The van der Waals surface area contributed by atoms with Crippen LogP contribution in [0.5, 0.6) is 23.0 Å². The summed E-state index contributed by atoms with van der Waals surface area (Å²) in [6.45, 7) is 0. The molecule has 2 aliphatic rings. The largest absolute Gasteiger partial charge is 0.501 e. The monoisotopic (exact) mass is 296 g/mol. The van der Waals surface area contributed by atoms with E-state index in [4.69, 9.17) is 0 Å². The van der Waals surface area contributed by atoms with Crippen molar-refractivity contribution in [1.82, 2.24) is 0 Å². The lowest BCUT2D eigenvalue weighted by molar-refractivity contribution is 0.0562. The molecule has 1 aromatic heterocycles. The summed E-state index contributed by atoms with van der Waals surface area (Å²) in [5, 5.41) is 0. The van der Waals surface area contributed by atoms with Crippen molar-refractivity contribution in [3.8, 4) is 23.0 Å². The van der Waals surface area contributed by atoms with Crippen molar-refractivity contribution in [2.45, 2.75) is 0 Å². The Hall–Kier alpha value is -2.08. The first-order valence-electron chi connectivity index (χ1n) is 4.22. The van der Waals surface area contributed by atoms with E-state index in [9.17, 15) is 16.8 Å². The summed E-state index contributed by atoms with van der Waals surface area (Å²) >= 11 is 0. The fraction of sp³-hybridized carbons (Fsp3) is 0. The molecule has 4 rings (SSSR count). The van der Waals surface area contributed by atoms with E-state index >= 15 is 0 Å². The summed E-state index contributed by atoms with van der Waals surface area (Å²) in [6, 6.07) is 0. The van der Waals surface area contributed by atoms with Crippen molar-refractivity contribution >= 4 is 32.0 Å². The van der Waals surface area contributed by atoms with E-state index in [1.807, 2.05) is 0 Å². The lowest BCUT2D eigenvalue weighted by Crippen LogP contribution is -2.10. The van der Waals surface area contributed by atoms with Crippen LogP contribution in [-0.4, -0.2) is 16.8 Å². The third kappa shape index (κ3) is 1.06. The Kier molecular flexibility index (Phi) is 1.38. The van der Waals surface area contributed by atoms with Crippen LogP contribution in [0.15, 0.2) is 9.15 Å². The third-order valence-electron chi connectivity index (χ3n) is 2.19. The zero-order valence-electron chi connectivity index (χ0n) is 7.90. The van der Waals surface area contributed by atoms with Crippen LogP contribution in [-0.2, 0) is 20.8 Å². The van der Waals surface area contributed by atoms with Gasteiger partial charge in [-0.3, -0.25) is 9.15 Å². The van der Waals surface area contributed by atoms with Gasteiger partial charge in [-0.05, 0) is 0 Å². The van der Waals surface area contributed by atoms with Crippen LogP contribution in [0.1, 0.15) is 0 Å². The summed E-state index contributed by atoms with van der Waals surface area (Å²) in [4.78, 5) is 0. The van der Waals surface area contributed by atoms with Crippen LogP contribution in [0.4, 0.5) is 0 Å². The fourth-order valence-electron chi connectivity index (χ4n) is 1.56. The summed E-state index contributed by atoms with van der Waals surface area (Å²) in [7, 11) is -8.67. The van der Waals surface area contributed by atoms with E-state index in [-0.39, 0.29) is 22.7 Å². The minimum atomic E-state index is -4.34. The Morgan fingerprint density at radius 1 is 0.556 bits per heavy atom. The standard InChI is InChI=1S/C6O10S2/c7-17(8)13-3-1-2(12-11-1)4-6(5(3)15-17)16-18(9,10)14-4. The summed E-state index contributed by atoms with van der Waals surface area (Å²) in [5.41, 5.74) is -0.295. The van der Waals surface area contributed by atoms with Gasteiger partial charge in [0.2, 0.25) is 23.0 Å². The lowest BCUT2D eigenvalue weighted by atomic mass is 10.2. The Bertz CT molecular complexity index is 819. The van der Waals surface area contributed by atoms with Gasteiger partial charge >= 0.3 is 20.8 Å². The van der Waals surface area contributed by atoms with Gasteiger partial charge in [-0.15, -0.1) is 16.8 Å². The third-order valence-corrected chi connectivity index (χ3v) is 3.67. The molecule has 96 valence electrons. The highest BCUT2D eigenvalue weighted by molar-refractivity contribution is 7.83. The number of hydrogen-bond acceptors (Lipinski definition) is 10. The molecule has 0 saturated heterocycles. The molecule has 0 radical (unpaired) electrons. The highest BCUT2D eigenvalue weighted by atomic mass is 32.3. The second-order valence-corrected chi connectivity index (χ2v) is 5.59. The molecule has 0 fully saturated rings. The molecule has 2 aliphatic heterocycles. The van der Waals surface area contributed by atoms with E-state index < -0.39 is 32.3 Å². The number of rotatable bonds is 0. The van der Waals surface area contributed by atoms with Gasteiger partial charge in [0, 0.05) is 0 Å². The Morgan fingerprint density at radius 2 is 0.889 bits per heavy atom. The molecular weight excluding hydrogens is 296 g/mol. The Balaban J connectivity index is 2.12. The van der Waals surface area contributed by atoms with Crippen LogP contribution in [0, 0.1) is 0 Å². The first-order chi connectivity index (χ1) is 8.36. The molecule has 0 spiro atoms. The van der Waals surface area contributed by atoms with Crippen LogP contribution in [0.3, 0.4) is 0 Å². The molecule has 10 nitrogen and oxygen atoms in total. The Morgan fingerprint density at radius 3 is 1.22 bits per heavy atom. The number of fused-ring (bicyclic) bond motifs is 6. The highest BCUT2D eigenvalue weighted by Crippen LogP contribution is 2.58. The smallest absolute Gasteiger partial charge is 0.344 e. The minimum absolute atomic E-state index is 0.148. The first-order valence-corrected chi connectivity index (χ1v) is 6.89. The van der Waals surface area contributed by atoms with Crippen molar-refractivity contribution in [1.29, 1.82) is 0 Å². The molecule has 0 bridgehead atoms. The zero-order valence-corrected chi connectivity index (χ0v) is 9.53. The molecule has 18 heavy (non-hydrogen) atoms. The maximum Gasteiger partial charge on any atom is 0.501 e. The molecule has 2 aromatic rings. The topological polar surface area (TPSA) is 131 Å². The van der Waals surface area contributed by atoms with Gasteiger partial charge < -0.3 is 16.7 Å². The van der Waals surface area contributed by atoms with Gasteiger partial charge in [-0.2, -0.15) is 0 Å². The minimum Gasteiger partial charge on any atom is -0.344 e. The van der Waals surface area contributed by atoms with Crippen molar-refractivity contribution in [3.63, 3.8) is 0 Å². The predicted octanol–water partition coefficient (Wildman–Crippen LogP) is 0.0578. The average molecular weight is 296 g/mol. The molecule has 12 heteroatoms. The number of hydrogen-bond donors (Lipinski definition) is 0. The van der Waals surface area contributed by atoms with E-state index in [2.05, 4.69) is 25.9 Å². The maximum absolute atomic E-state index is 11.1. The van der Waals surface area contributed by atoms with E-state index in [1.165, 1.54) is 0 Å².